The molecule has 0 radical (unpaired) electrons. The number of thioether (sulfide) groups is 6. The van der Waals surface area contributed by atoms with Gasteiger partial charge in [0.2, 0.25) is 0 Å². The Kier molecular flexibility index (Phi) is 4.87. The van der Waals surface area contributed by atoms with Gasteiger partial charge in [-0.15, -0.1) is 23.5 Å². The van der Waals surface area contributed by atoms with Crippen molar-refractivity contribution in [2.24, 2.45) is 0 Å². The summed E-state index contributed by atoms with van der Waals surface area (Å²) in [7, 11) is 0. The highest BCUT2D eigenvalue weighted by Crippen LogP contribution is 2.63. The zero-order valence-electron chi connectivity index (χ0n) is 12.4. The van der Waals surface area contributed by atoms with Gasteiger partial charge in [0, 0.05) is 0 Å². The molecule has 4 nitrogen and oxygen atoms in total. The molecule has 10 heteroatoms. The number of fused-ring (bicyclic) bond motifs is 2. The van der Waals surface area contributed by atoms with Crippen LogP contribution in [0, 0.1) is 0 Å². The van der Waals surface area contributed by atoms with E-state index in [9.17, 15) is 10.2 Å². The lowest BCUT2D eigenvalue weighted by atomic mass is 10.2. The van der Waals surface area contributed by atoms with E-state index in [1.807, 2.05) is 0 Å². The maximum atomic E-state index is 9.98. The molecule has 0 spiro atoms. The van der Waals surface area contributed by atoms with E-state index in [2.05, 4.69) is 22.5 Å². The Labute approximate surface area is 164 Å². The van der Waals surface area contributed by atoms with Gasteiger partial charge in [-0.3, -0.25) is 0 Å². The topological polar surface area (TPSA) is 66.2 Å². The van der Waals surface area contributed by atoms with Crippen molar-refractivity contribution in [1.29, 1.82) is 0 Å². The number of phenolic OH excluding ortho intramolecular Hbond substituents is 2. The normalized spacial score (nSPS) is 17.2. The molecule has 2 N–H and O–H groups in total. The molecule has 124 valence electrons. The van der Waals surface area contributed by atoms with Gasteiger partial charge >= 0.3 is 0 Å². The van der Waals surface area contributed by atoms with Crippen LogP contribution in [0.5, 0.6) is 11.5 Å². The molecule has 0 fully saturated rings. The van der Waals surface area contributed by atoms with Crippen LogP contribution in [0.3, 0.4) is 0 Å². The van der Waals surface area contributed by atoms with Crippen LogP contribution in [0.15, 0.2) is 39.1 Å². The maximum Gasteiger partial charge on any atom is 0.143 e. The summed E-state index contributed by atoms with van der Waals surface area (Å²) < 4.78 is 5.06. The van der Waals surface area contributed by atoms with Crippen molar-refractivity contribution in [2.45, 2.75) is 10.1 Å². The van der Waals surface area contributed by atoms with Crippen LogP contribution in [-0.2, 0) is 0 Å². The van der Waals surface area contributed by atoms with E-state index in [1.165, 1.54) is 24.8 Å². The molecule has 3 heterocycles. The minimum atomic E-state index is 0.0328. The zero-order chi connectivity index (χ0) is 16.8. The van der Waals surface area contributed by atoms with E-state index in [0.717, 1.165) is 14.3 Å². The predicted octanol–water partition coefficient (Wildman–Crippen LogP) is 5.70. The monoisotopic (exact) mass is 430 g/mol. The molecule has 2 aliphatic heterocycles. The van der Waals surface area contributed by atoms with Gasteiger partial charge in [0.05, 0.1) is 16.9 Å². The standard InChI is InChI=1S/C14H10N2O2S6/c1-19-11-12(20-2)24-14(23-11)13-21-9-10(22-13)16-8-6(18)4-3-5(17)7(8)15-9/h3-4,17-18H,1-2H3. The van der Waals surface area contributed by atoms with Crippen molar-refractivity contribution in [1.82, 2.24) is 9.97 Å². The fourth-order valence-corrected chi connectivity index (χ4v) is 9.70. The lowest BCUT2D eigenvalue weighted by Crippen LogP contribution is -1.89. The lowest BCUT2D eigenvalue weighted by molar-refractivity contribution is 0.466. The van der Waals surface area contributed by atoms with Crippen LogP contribution in [0.1, 0.15) is 0 Å². The Hall–Kier alpha value is -0.260. The van der Waals surface area contributed by atoms with Gasteiger partial charge in [0.1, 0.15) is 32.6 Å². The minimum Gasteiger partial charge on any atom is -0.506 e. The molecule has 1 aromatic carbocycles. The average molecular weight is 431 g/mol. The largest absolute Gasteiger partial charge is 0.506 e. The second kappa shape index (κ2) is 6.81. The van der Waals surface area contributed by atoms with E-state index in [1.54, 1.807) is 70.6 Å². The molecule has 0 amide bonds. The number of aromatic nitrogens is 2. The Morgan fingerprint density at radius 1 is 0.750 bits per heavy atom. The Morgan fingerprint density at radius 3 is 1.58 bits per heavy atom. The average Bonchev–Trinajstić information content (AvgIpc) is 3.19. The van der Waals surface area contributed by atoms with Gasteiger partial charge in [-0.05, 0) is 24.6 Å². The van der Waals surface area contributed by atoms with E-state index in [-0.39, 0.29) is 11.5 Å². The molecule has 0 unspecified atom stereocenters. The SMILES string of the molecule is CSC1=C(SC)SC(=C2Sc3nc4c(O)ccc(O)c4nc3S2)S1. The van der Waals surface area contributed by atoms with Crippen LogP contribution >= 0.6 is 70.6 Å². The van der Waals surface area contributed by atoms with Gasteiger partial charge in [-0.2, -0.15) is 0 Å². The number of nitrogens with zero attached hydrogens (tertiary/aromatic N) is 2. The lowest BCUT2D eigenvalue weighted by Gasteiger charge is -2.03. The Bertz CT molecular complexity index is 857. The van der Waals surface area contributed by atoms with Crippen LogP contribution in [0.25, 0.3) is 11.0 Å². The number of benzene rings is 1. The second-order valence-electron chi connectivity index (χ2n) is 4.60. The molecule has 0 aliphatic carbocycles. The number of aromatic hydroxyl groups is 2. The fraction of sp³-hybridized carbons (Fsp3) is 0.143. The minimum absolute atomic E-state index is 0.0328. The first-order chi connectivity index (χ1) is 11.6. The molecule has 0 atom stereocenters. The van der Waals surface area contributed by atoms with Crippen molar-refractivity contribution in [2.75, 3.05) is 12.5 Å². The number of hydrogen-bond donors (Lipinski definition) is 2. The summed E-state index contributed by atoms with van der Waals surface area (Å²) in [5, 5.41) is 21.5. The van der Waals surface area contributed by atoms with Crippen LogP contribution in [0.2, 0.25) is 0 Å². The summed E-state index contributed by atoms with van der Waals surface area (Å²) in [6, 6.07) is 2.87. The first-order valence-corrected chi connectivity index (χ1v) is 12.3. The molecule has 2 aliphatic rings. The van der Waals surface area contributed by atoms with Crippen molar-refractivity contribution in [3.8, 4) is 11.5 Å². The predicted molar refractivity (Wildman–Crippen MR) is 111 cm³/mol. The summed E-state index contributed by atoms with van der Waals surface area (Å²) >= 11 is 10.3. The maximum absolute atomic E-state index is 9.98. The third kappa shape index (κ3) is 2.90. The smallest absolute Gasteiger partial charge is 0.143 e. The van der Waals surface area contributed by atoms with Gasteiger partial charge in [0.25, 0.3) is 0 Å². The first kappa shape index (κ1) is 17.2. The zero-order valence-corrected chi connectivity index (χ0v) is 17.3. The number of phenols is 2. The Morgan fingerprint density at radius 2 is 1.17 bits per heavy atom. The van der Waals surface area contributed by atoms with Crippen molar-refractivity contribution in [3.05, 3.63) is 29.1 Å². The number of hydrogen-bond acceptors (Lipinski definition) is 10. The summed E-state index contributed by atoms with van der Waals surface area (Å²) in [5.74, 6) is 0.0656. The van der Waals surface area contributed by atoms with E-state index < -0.39 is 0 Å². The molecule has 2 aromatic rings. The highest BCUT2D eigenvalue weighted by Gasteiger charge is 2.30. The summed E-state index contributed by atoms with van der Waals surface area (Å²) in [6.45, 7) is 0. The highest BCUT2D eigenvalue weighted by atomic mass is 32.3. The number of rotatable bonds is 2. The fourth-order valence-electron chi connectivity index (χ4n) is 2.10. The summed E-state index contributed by atoms with van der Waals surface area (Å²) in [5.41, 5.74) is 0.681. The summed E-state index contributed by atoms with van der Waals surface area (Å²) in [4.78, 5) is 9.02. The molecule has 4 rings (SSSR count). The molecule has 0 saturated carbocycles. The molecular formula is C14H10N2O2S6. The highest BCUT2D eigenvalue weighted by molar-refractivity contribution is 8.41. The summed E-state index contributed by atoms with van der Waals surface area (Å²) in [6.07, 6.45) is 4.19. The Balaban J connectivity index is 1.73. The molecular weight excluding hydrogens is 421 g/mol. The van der Waals surface area contributed by atoms with Gasteiger partial charge in [0.15, 0.2) is 0 Å². The van der Waals surface area contributed by atoms with Crippen molar-refractivity contribution >= 4 is 81.6 Å². The molecule has 0 bridgehead atoms. The van der Waals surface area contributed by atoms with Crippen molar-refractivity contribution in [3.63, 3.8) is 0 Å². The van der Waals surface area contributed by atoms with E-state index in [4.69, 9.17) is 0 Å². The quantitative estimate of drug-likeness (QED) is 0.580. The third-order valence-electron chi connectivity index (χ3n) is 3.17. The van der Waals surface area contributed by atoms with Gasteiger partial charge < -0.3 is 10.2 Å². The van der Waals surface area contributed by atoms with Gasteiger partial charge in [-0.25, -0.2) is 9.97 Å². The third-order valence-corrected chi connectivity index (χ3v) is 11.3. The van der Waals surface area contributed by atoms with Gasteiger partial charge in [-0.1, -0.05) is 47.0 Å². The molecule has 0 saturated heterocycles. The first-order valence-electron chi connectivity index (χ1n) is 6.61. The van der Waals surface area contributed by atoms with Crippen LogP contribution in [0.4, 0.5) is 0 Å². The van der Waals surface area contributed by atoms with Crippen LogP contribution < -0.4 is 0 Å². The molecule has 1 aromatic heterocycles. The van der Waals surface area contributed by atoms with Crippen LogP contribution in [-0.4, -0.2) is 32.7 Å². The van der Waals surface area contributed by atoms with Crippen molar-refractivity contribution < 1.29 is 10.2 Å². The second-order valence-corrected chi connectivity index (χ2v) is 11.3. The molecule has 24 heavy (non-hydrogen) atoms. The van der Waals surface area contributed by atoms with E-state index in [0.29, 0.717) is 11.0 Å². The van der Waals surface area contributed by atoms with E-state index >= 15 is 0 Å².